The van der Waals surface area contributed by atoms with Crippen LogP contribution in [0.15, 0.2) is 24.3 Å². The van der Waals surface area contributed by atoms with Crippen LogP contribution in [0.5, 0.6) is 0 Å². The SMILES string of the molecule is CCCCC(C/C=C\COC(=O)CCCCCCCN(CCCCCCCC(=O)OC/C=C\CC(CCCC)CCCC)C(=O)CCCN(C)C)CCCC. The predicted molar refractivity (Wildman–Crippen MR) is 234 cm³/mol. The van der Waals surface area contributed by atoms with Gasteiger partial charge in [-0.25, -0.2) is 0 Å². The van der Waals surface area contributed by atoms with E-state index in [0.29, 0.717) is 32.5 Å². The summed E-state index contributed by atoms with van der Waals surface area (Å²) >= 11 is 0. The van der Waals surface area contributed by atoms with Crippen LogP contribution in [0.4, 0.5) is 0 Å². The van der Waals surface area contributed by atoms with Crippen LogP contribution in [0, 0.1) is 11.8 Å². The summed E-state index contributed by atoms with van der Waals surface area (Å²) in [6.07, 6.45) is 38.5. The van der Waals surface area contributed by atoms with Crippen LogP contribution in [0.2, 0.25) is 0 Å². The van der Waals surface area contributed by atoms with Crippen LogP contribution in [0.3, 0.4) is 0 Å². The summed E-state index contributed by atoms with van der Waals surface area (Å²) in [7, 11) is 4.10. The van der Waals surface area contributed by atoms with E-state index in [1.165, 1.54) is 77.0 Å². The molecule has 0 saturated heterocycles. The van der Waals surface area contributed by atoms with Gasteiger partial charge in [0.2, 0.25) is 5.91 Å². The van der Waals surface area contributed by atoms with E-state index in [0.717, 1.165) is 115 Å². The monoisotopic (exact) mass is 775 g/mol. The average Bonchev–Trinajstić information content (AvgIpc) is 3.17. The Bertz CT molecular complexity index is 871. The molecule has 0 unspecified atom stereocenters. The largest absolute Gasteiger partial charge is 0.461 e. The second kappa shape index (κ2) is 40.1. The number of rotatable bonds is 40. The van der Waals surface area contributed by atoms with Gasteiger partial charge in [-0.1, -0.05) is 168 Å². The van der Waals surface area contributed by atoms with Gasteiger partial charge in [0.05, 0.1) is 0 Å². The molecule has 0 saturated carbocycles. The molecule has 0 rings (SSSR count). The van der Waals surface area contributed by atoms with Crippen molar-refractivity contribution in [3.05, 3.63) is 24.3 Å². The second-order valence-corrected chi connectivity index (χ2v) is 16.4. The molecule has 55 heavy (non-hydrogen) atoms. The molecule has 7 heteroatoms. The summed E-state index contributed by atoms with van der Waals surface area (Å²) in [5.74, 6) is 1.59. The third-order valence-corrected chi connectivity index (χ3v) is 10.8. The van der Waals surface area contributed by atoms with Crippen LogP contribution in [-0.4, -0.2) is 74.6 Å². The van der Waals surface area contributed by atoms with Crippen molar-refractivity contribution in [2.45, 2.75) is 207 Å². The fourth-order valence-electron chi connectivity index (χ4n) is 7.14. The van der Waals surface area contributed by atoms with E-state index in [4.69, 9.17) is 9.47 Å². The van der Waals surface area contributed by atoms with Gasteiger partial charge in [-0.2, -0.15) is 0 Å². The lowest BCUT2D eigenvalue weighted by Crippen LogP contribution is -2.33. The highest BCUT2D eigenvalue weighted by atomic mass is 16.5. The van der Waals surface area contributed by atoms with E-state index in [1.54, 1.807) is 0 Å². The number of ether oxygens (including phenoxy) is 2. The Morgan fingerprint density at radius 2 is 0.836 bits per heavy atom. The number of allylic oxidation sites excluding steroid dienone is 2. The van der Waals surface area contributed by atoms with Gasteiger partial charge in [0.25, 0.3) is 0 Å². The maximum Gasteiger partial charge on any atom is 0.306 e. The maximum atomic E-state index is 13.1. The summed E-state index contributed by atoms with van der Waals surface area (Å²) in [4.78, 5) is 41.7. The quantitative estimate of drug-likeness (QED) is 0.0350. The minimum absolute atomic E-state index is 0.0977. The van der Waals surface area contributed by atoms with Gasteiger partial charge in [0.15, 0.2) is 0 Å². The maximum absolute atomic E-state index is 13.1. The molecule has 322 valence electrons. The van der Waals surface area contributed by atoms with Gasteiger partial charge in [0.1, 0.15) is 13.2 Å². The molecule has 0 aliphatic carbocycles. The minimum atomic E-state index is -0.0977. The fourth-order valence-corrected chi connectivity index (χ4v) is 7.14. The lowest BCUT2D eigenvalue weighted by Gasteiger charge is -2.23. The third kappa shape index (κ3) is 36.0. The number of hydrogen-bond acceptors (Lipinski definition) is 6. The summed E-state index contributed by atoms with van der Waals surface area (Å²) in [6, 6.07) is 0. The highest BCUT2D eigenvalue weighted by Gasteiger charge is 2.13. The number of carbonyl (C=O) groups is 3. The summed E-state index contributed by atoms with van der Waals surface area (Å²) in [6.45, 7) is 12.3. The van der Waals surface area contributed by atoms with Crippen molar-refractivity contribution >= 4 is 17.8 Å². The Kier molecular flexibility index (Phi) is 38.5. The molecule has 0 aliphatic heterocycles. The van der Waals surface area contributed by atoms with Crippen molar-refractivity contribution < 1.29 is 23.9 Å². The topological polar surface area (TPSA) is 76.1 Å². The third-order valence-electron chi connectivity index (χ3n) is 10.8. The lowest BCUT2D eigenvalue weighted by atomic mass is 9.93. The van der Waals surface area contributed by atoms with E-state index in [9.17, 15) is 14.4 Å². The molecule has 0 aromatic heterocycles. The van der Waals surface area contributed by atoms with Crippen LogP contribution in [-0.2, 0) is 23.9 Å². The molecule has 1 amide bonds. The van der Waals surface area contributed by atoms with E-state index in [1.807, 2.05) is 12.2 Å². The van der Waals surface area contributed by atoms with E-state index >= 15 is 0 Å². The first-order chi connectivity index (χ1) is 26.8. The Balaban J connectivity index is 4.25. The van der Waals surface area contributed by atoms with Crippen molar-refractivity contribution in [1.82, 2.24) is 9.80 Å². The molecule has 0 N–H and O–H groups in total. The number of amides is 1. The zero-order valence-electron chi connectivity index (χ0n) is 37.2. The van der Waals surface area contributed by atoms with Crippen molar-refractivity contribution in [2.75, 3.05) is 46.9 Å². The van der Waals surface area contributed by atoms with Crippen molar-refractivity contribution in [3.8, 4) is 0 Å². The molecule has 0 heterocycles. The summed E-state index contributed by atoms with van der Waals surface area (Å²) < 4.78 is 10.9. The number of esters is 2. The minimum Gasteiger partial charge on any atom is -0.461 e. The first-order valence-electron chi connectivity index (χ1n) is 23.3. The number of unbranched alkanes of at least 4 members (excludes halogenated alkanes) is 12. The predicted octanol–water partition coefficient (Wildman–Crippen LogP) is 12.8. The Hall–Kier alpha value is -2.15. The van der Waals surface area contributed by atoms with Gasteiger partial charge >= 0.3 is 11.9 Å². The normalized spacial score (nSPS) is 11.9. The standard InChI is InChI=1S/C48H90N2O5/c1-7-11-30-44(31-12-8-2)34-23-27-42-54-47(52)37-21-17-15-19-25-40-50(46(51)36-29-39-49(5)6)41-26-20-16-18-22-38-48(53)55-43-28-24-35-45(32-13-9-3)33-14-10-4/h23-24,27-28,44-45H,7-22,25-26,29-43H2,1-6H3/b27-23-,28-24-. The van der Waals surface area contributed by atoms with Crippen molar-refractivity contribution in [1.29, 1.82) is 0 Å². The van der Waals surface area contributed by atoms with Crippen LogP contribution in [0.1, 0.15) is 207 Å². The molecule has 0 spiro atoms. The Morgan fingerprint density at radius 3 is 1.22 bits per heavy atom. The highest BCUT2D eigenvalue weighted by molar-refractivity contribution is 5.76. The first kappa shape index (κ1) is 52.9. The molecule has 0 aromatic carbocycles. The van der Waals surface area contributed by atoms with Gasteiger partial charge in [-0.3, -0.25) is 14.4 Å². The fraction of sp³-hybridized carbons (Fsp3) is 0.854. The number of carbonyl (C=O) groups excluding carboxylic acids is 3. The molecule has 0 aromatic rings. The summed E-state index contributed by atoms with van der Waals surface area (Å²) in [5, 5.41) is 0. The van der Waals surface area contributed by atoms with Crippen LogP contribution < -0.4 is 0 Å². The molecule has 0 radical (unpaired) electrons. The molecular weight excluding hydrogens is 685 g/mol. The molecular formula is C48H90N2O5. The van der Waals surface area contributed by atoms with Crippen molar-refractivity contribution in [3.63, 3.8) is 0 Å². The van der Waals surface area contributed by atoms with Gasteiger partial charge < -0.3 is 19.3 Å². The number of hydrogen-bond donors (Lipinski definition) is 0. The Morgan fingerprint density at radius 1 is 0.455 bits per heavy atom. The molecule has 0 bridgehead atoms. The molecule has 0 atom stereocenters. The van der Waals surface area contributed by atoms with Crippen molar-refractivity contribution in [2.24, 2.45) is 11.8 Å². The molecule has 0 aliphatic rings. The average molecular weight is 775 g/mol. The second-order valence-electron chi connectivity index (χ2n) is 16.4. The Labute approximate surface area is 341 Å². The van der Waals surface area contributed by atoms with Gasteiger partial charge in [-0.05, 0) is 77.4 Å². The van der Waals surface area contributed by atoms with E-state index in [-0.39, 0.29) is 17.8 Å². The number of nitrogens with zero attached hydrogens (tertiary/aromatic N) is 2. The highest BCUT2D eigenvalue weighted by Crippen LogP contribution is 2.21. The van der Waals surface area contributed by atoms with Crippen LogP contribution in [0.25, 0.3) is 0 Å². The summed E-state index contributed by atoms with van der Waals surface area (Å²) in [5.41, 5.74) is 0. The lowest BCUT2D eigenvalue weighted by molar-refractivity contribution is -0.143. The zero-order chi connectivity index (χ0) is 40.6. The van der Waals surface area contributed by atoms with E-state index in [2.05, 4.69) is 63.7 Å². The van der Waals surface area contributed by atoms with Crippen LogP contribution >= 0.6 is 0 Å². The van der Waals surface area contributed by atoms with Gasteiger partial charge in [-0.15, -0.1) is 0 Å². The zero-order valence-corrected chi connectivity index (χ0v) is 37.2. The molecule has 7 nitrogen and oxygen atoms in total. The van der Waals surface area contributed by atoms with Gasteiger partial charge in [0, 0.05) is 32.4 Å². The first-order valence-corrected chi connectivity index (χ1v) is 23.3. The molecule has 0 fully saturated rings. The van der Waals surface area contributed by atoms with E-state index < -0.39 is 0 Å². The smallest absolute Gasteiger partial charge is 0.306 e.